The number of carboxylic acid groups (broad SMARTS) is 1. The number of benzene rings is 1. The van der Waals surface area contributed by atoms with E-state index in [1.54, 1.807) is 6.07 Å². The van der Waals surface area contributed by atoms with Crippen molar-refractivity contribution in [2.24, 2.45) is 5.73 Å². The highest BCUT2D eigenvalue weighted by molar-refractivity contribution is 5.68. The fourth-order valence-corrected chi connectivity index (χ4v) is 1.28. The number of nitrogens with zero attached hydrogens (tertiary/aromatic N) is 1. The molecule has 5 N–H and O–H groups in total. The molecule has 1 unspecified atom stereocenters. The van der Waals surface area contributed by atoms with E-state index in [2.05, 4.69) is 0 Å². The number of phenols is 2. The Hall–Kier alpha value is -2.26. The van der Waals surface area contributed by atoms with E-state index in [1.165, 1.54) is 6.07 Å². The average Bonchev–Trinajstić information content (AvgIpc) is 2.16. The van der Waals surface area contributed by atoms with Crippen molar-refractivity contribution < 1.29 is 20.1 Å². The van der Waals surface area contributed by atoms with Crippen LogP contribution in [0.1, 0.15) is 23.6 Å². The molecular formula is C10H10N2O4. The fourth-order valence-electron chi connectivity index (χ4n) is 1.28. The highest BCUT2D eigenvalue weighted by Gasteiger charge is 2.17. The first-order valence-electron chi connectivity index (χ1n) is 4.39. The molecule has 0 aliphatic rings. The second kappa shape index (κ2) is 4.51. The van der Waals surface area contributed by atoms with Gasteiger partial charge in [-0.2, -0.15) is 5.26 Å². The maximum absolute atomic E-state index is 10.4. The first-order chi connectivity index (χ1) is 7.45. The minimum atomic E-state index is -1.11. The lowest BCUT2D eigenvalue weighted by molar-refractivity contribution is -0.137. The zero-order valence-corrected chi connectivity index (χ0v) is 8.21. The summed E-state index contributed by atoms with van der Waals surface area (Å²) in [6, 6.07) is 2.93. The molecule has 0 radical (unpaired) electrons. The van der Waals surface area contributed by atoms with E-state index in [0.717, 1.165) is 6.07 Å². The number of phenolic OH excluding ortho intramolecular Hbond substituents is 2. The summed E-state index contributed by atoms with van der Waals surface area (Å²) in [5.41, 5.74) is 5.60. The van der Waals surface area contributed by atoms with Crippen LogP contribution in [0.4, 0.5) is 0 Å². The smallest absolute Gasteiger partial charge is 0.305 e. The Morgan fingerprint density at radius 3 is 2.56 bits per heavy atom. The van der Waals surface area contributed by atoms with Gasteiger partial charge in [-0.1, -0.05) is 0 Å². The number of hydrogen-bond donors (Lipinski definition) is 4. The van der Waals surface area contributed by atoms with Crippen molar-refractivity contribution in [2.75, 3.05) is 0 Å². The van der Waals surface area contributed by atoms with Crippen LogP contribution in [0.3, 0.4) is 0 Å². The van der Waals surface area contributed by atoms with Crippen molar-refractivity contribution in [1.29, 1.82) is 5.26 Å². The van der Waals surface area contributed by atoms with Crippen LogP contribution >= 0.6 is 0 Å². The molecule has 0 saturated carbocycles. The number of nitrogens with two attached hydrogens (primary N) is 1. The quantitative estimate of drug-likeness (QED) is 0.587. The van der Waals surface area contributed by atoms with E-state index in [-0.39, 0.29) is 29.0 Å². The number of hydrogen-bond acceptors (Lipinski definition) is 5. The summed E-state index contributed by atoms with van der Waals surface area (Å²) in [5.74, 6) is -1.81. The molecule has 1 atom stereocenters. The van der Waals surface area contributed by atoms with E-state index in [0.29, 0.717) is 0 Å². The van der Waals surface area contributed by atoms with Crippen molar-refractivity contribution in [3.63, 3.8) is 0 Å². The SMILES string of the molecule is N#Cc1cc(C(N)CC(=O)O)c(O)cc1O. The fraction of sp³-hybridized carbons (Fsp3) is 0.200. The molecule has 1 aromatic rings. The molecular weight excluding hydrogens is 212 g/mol. The number of aliphatic carboxylic acids is 1. The number of aromatic hydroxyl groups is 2. The Labute approximate surface area is 91.2 Å². The summed E-state index contributed by atoms with van der Waals surface area (Å²) in [6.45, 7) is 0. The van der Waals surface area contributed by atoms with Gasteiger partial charge in [0.25, 0.3) is 0 Å². The maximum atomic E-state index is 10.4. The predicted octanol–water partition coefficient (Wildman–Crippen LogP) is 0.444. The van der Waals surface area contributed by atoms with Gasteiger partial charge in [0.05, 0.1) is 12.0 Å². The Balaban J connectivity index is 3.14. The van der Waals surface area contributed by atoms with Gasteiger partial charge in [-0.25, -0.2) is 0 Å². The summed E-state index contributed by atoms with van der Waals surface area (Å²) >= 11 is 0. The van der Waals surface area contributed by atoms with Crippen LogP contribution in [0, 0.1) is 11.3 Å². The Morgan fingerprint density at radius 1 is 1.44 bits per heavy atom. The minimum absolute atomic E-state index is 0.0614. The molecule has 16 heavy (non-hydrogen) atoms. The summed E-state index contributed by atoms with van der Waals surface area (Å²) < 4.78 is 0. The lowest BCUT2D eigenvalue weighted by Gasteiger charge is -2.12. The van der Waals surface area contributed by atoms with Gasteiger partial charge in [0.2, 0.25) is 0 Å². The van der Waals surface area contributed by atoms with E-state index in [4.69, 9.17) is 16.1 Å². The monoisotopic (exact) mass is 222 g/mol. The van der Waals surface area contributed by atoms with Crippen LogP contribution < -0.4 is 5.73 Å². The molecule has 0 fully saturated rings. The van der Waals surface area contributed by atoms with Crippen LogP contribution in [0.2, 0.25) is 0 Å². The zero-order valence-electron chi connectivity index (χ0n) is 8.21. The minimum Gasteiger partial charge on any atom is -0.507 e. The van der Waals surface area contributed by atoms with Crippen LogP contribution in [0.5, 0.6) is 11.5 Å². The second-order valence-electron chi connectivity index (χ2n) is 3.24. The van der Waals surface area contributed by atoms with Gasteiger partial charge < -0.3 is 21.1 Å². The largest absolute Gasteiger partial charge is 0.507 e. The van der Waals surface area contributed by atoms with Crippen LogP contribution in [-0.2, 0) is 4.79 Å². The molecule has 0 heterocycles. The standard InChI is InChI=1S/C10H10N2O4/c11-4-5-1-6(7(12)2-10(15)16)9(14)3-8(5)13/h1,3,7,13-14H,2,12H2,(H,15,16). The molecule has 1 aromatic carbocycles. The van der Waals surface area contributed by atoms with Crippen LogP contribution in [0.15, 0.2) is 12.1 Å². The summed E-state index contributed by atoms with van der Waals surface area (Å²) in [5, 5.41) is 35.9. The normalized spacial score (nSPS) is 11.8. The lowest BCUT2D eigenvalue weighted by Crippen LogP contribution is -2.15. The molecule has 0 aromatic heterocycles. The Bertz CT molecular complexity index is 465. The second-order valence-corrected chi connectivity index (χ2v) is 3.24. The summed E-state index contributed by atoms with van der Waals surface area (Å²) in [7, 11) is 0. The average molecular weight is 222 g/mol. The van der Waals surface area contributed by atoms with E-state index in [1.807, 2.05) is 0 Å². The van der Waals surface area contributed by atoms with Crippen molar-refractivity contribution in [3.8, 4) is 17.6 Å². The van der Waals surface area contributed by atoms with E-state index in [9.17, 15) is 15.0 Å². The van der Waals surface area contributed by atoms with E-state index < -0.39 is 12.0 Å². The number of carboxylic acids is 1. The Morgan fingerprint density at radius 2 is 2.06 bits per heavy atom. The van der Waals surface area contributed by atoms with Crippen molar-refractivity contribution >= 4 is 5.97 Å². The summed E-state index contributed by atoms with van der Waals surface area (Å²) in [4.78, 5) is 10.4. The van der Waals surface area contributed by atoms with Crippen LogP contribution in [-0.4, -0.2) is 21.3 Å². The molecule has 1 rings (SSSR count). The number of rotatable bonds is 3. The molecule has 0 saturated heterocycles. The molecule has 6 heteroatoms. The lowest BCUT2D eigenvalue weighted by atomic mass is 10.0. The van der Waals surface area contributed by atoms with Gasteiger partial charge in [0.1, 0.15) is 17.6 Å². The first-order valence-corrected chi connectivity index (χ1v) is 4.39. The van der Waals surface area contributed by atoms with Gasteiger partial charge in [-0.05, 0) is 6.07 Å². The summed E-state index contributed by atoms with van der Waals surface area (Å²) in [6.07, 6.45) is -0.372. The van der Waals surface area contributed by atoms with Gasteiger partial charge in [-0.15, -0.1) is 0 Å². The highest BCUT2D eigenvalue weighted by atomic mass is 16.4. The van der Waals surface area contributed by atoms with Gasteiger partial charge in [0.15, 0.2) is 0 Å². The van der Waals surface area contributed by atoms with Crippen LogP contribution in [0.25, 0.3) is 0 Å². The molecule has 6 nitrogen and oxygen atoms in total. The third-order valence-electron chi connectivity index (χ3n) is 2.06. The molecule has 0 bridgehead atoms. The third-order valence-corrected chi connectivity index (χ3v) is 2.06. The molecule has 0 aliphatic heterocycles. The first kappa shape index (κ1) is 11.8. The topological polar surface area (TPSA) is 128 Å². The Kier molecular flexibility index (Phi) is 3.33. The van der Waals surface area contributed by atoms with Gasteiger partial charge in [0, 0.05) is 17.7 Å². The maximum Gasteiger partial charge on any atom is 0.305 e. The molecule has 0 aliphatic carbocycles. The molecule has 0 spiro atoms. The third kappa shape index (κ3) is 2.40. The molecule has 0 amide bonds. The van der Waals surface area contributed by atoms with Crippen molar-refractivity contribution in [3.05, 3.63) is 23.3 Å². The van der Waals surface area contributed by atoms with Crippen molar-refractivity contribution in [2.45, 2.75) is 12.5 Å². The van der Waals surface area contributed by atoms with Gasteiger partial charge in [-0.3, -0.25) is 4.79 Å². The zero-order chi connectivity index (χ0) is 12.3. The predicted molar refractivity (Wildman–Crippen MR) is 53.7 cm³/mol. The van der Waals surface area contributed by atoms with E-state index >= 15 is 0 Å². The molecule has 84 valence electrons. The highest BCUT2D eigenvalue weighted by Crippen LogP contribution is 2.31. The number of carbonyl (C=O) groups is 1. The number of nitriles is 1. The van der Waals surface area contributed by atoms with Gasteiger partial charge >= 0.3 is 5.97 Å². The van der Waals surface area contributed by atoms with Crippen molar-refractivity contribution in [1.82, 2.24) is 0 Å².